The molecule has 3 amide bonds. The van der Waals surface area contributed by atoms with Crippen molar-refractivity contribution in [3.8, 4) is 5.75 Å². The van der Waals surface area contributed by atoms with E-state index in [-0.39, 0.29) is 53.2 Å². The van der Waals surface area contributed by atoms with Gasteiger partial charge in [-0.3, -0.25) is 9.52 Å². The van der Waals surface area contributed by atoms with Gasteiger partial charge in [0.05, 0.1) is 35.2 Å². The van der Waals surface area contributed by atoms with Crippen LogP contribution in [0.4, 0.5) is 29.3 Å². The fourth-order valence-electron chi connectivity index (χ4n) is 4.75. The zero-order valence-corrected chi connectivity index (χ0v) is 25.9. The number of rotatable bonds is 8. The van der Waals surface area contributed by atoms with E-state index in [9.17, 15) is 36.3 Å². The minimum atomic E-state index is -4.50. The molecule has 3 atom stereocenters. The van der Waals surface area contributed by atoms with Crippen molar-refractivity contribution in [1.82, 2.24) is 9.80 Å². The number of hydrogen-bond donors (Lipinski definition) is 3. The zero-order chi connectivity index (χ0) is 33.1. The lowest BCUT2D eigenvalue weighted by Gasteiger charge is -2.38. The average molecular weight is 649 g/mol. The van der Waals surface area contributed by atoms with Crippen LogP contribution >= 0.6 is 0 Å². The van der Waals surface area contributed by atoms with Gasteiger partial charge in [0, 0.05) is 30.9 Å². The molecule has 14 heteroatoms. The summed E-state index contributed by atoms with van der Waals surface area (Å²) < 4.78 is 73.5. The van der Waals surface area contributed by atoms with Gasteiger partial charge in [-0.15, -0.1) is 0 Å². The number of anilines is 2. The molecule has 3 N–H and O–H groups in total. The molecular weight excluding hydrogens is 613 g/mol. The Morgan fingerprint density at radius 1 is 1.09 bits per heavy atom. The third-order valence-corrected chi connectivity index (χ3v) is 8.91. The zero-order valence-electron chi connectivity index (χ0n) is 25.1. The first-order valence-electron chi connectivity index (χ1n) is 14.1. The number of hydrogen-bond acceptors (Lipinski definition) is 6. The van der Waals surface area contributed by atoms with Gasteiger partial charge in [0.2, 0.25) is 0 Å². The Balaban J connectivity index is 1.57. The van der Waals surface area contributed by atoms with E-state index in [1.165, 1.54) is 47.2 Å². The number of aliphatic hydroxyl groups excluding tert-OH is 1. The molecule has 0 unspecified atom stereocenters. The van der Waals surface area contributed by atoms with Crippen molar-refractivity contribution in [1.29, 1.82) is 0 Å². The van der Waals surface area contributed by atoms with E-state index < -0.39 is 45.8 Å². The highest BCUT2D eigenvalue weighted by Gasteiger charge is 2.34. The first-order chi connectivity index (χ1) is 21.1. The number of halogens is 3. The summed E-state index contributed by atoms with van der Waals surface area (Å²) in [6, 6.07) is 13.5. The molecule has 3 aromatic rings. The summed E-state index contributed by atoms with van der Waals surface area (Å²) in [6.45, 7) is 5.19. The van der Waals surface area contributed by atoms with Crippen LogP contribution in [-0.2, 0) is 16.2 Å². The molecule has 242 valence electrons. The molecule has 0 spiro atoms. The Kier molecular flexibility index (Phi) is 9.98. The molecule has 0 saturated carbocycles. The highest BCUT2D eigenvalue weighted by atomic mass is 32.2. The molecule has 45 heavy (non-hydrogen) atoms. The predicted octanol–water partition coefficient (Wildman–Crippen LogP) is 5.20. The molecule has 1 aliphatic rings. The van der Waals surface area contributed by atoms with Crippen LogP contribution in [0.2, 0.25) is 0 Å². The number of nitrogens with one attached hydrogen (secondary N) is 2. The molecule has 1 aliphatic heterocycles. The maximum atomic E-state index is 13.7. The molecule has 3 aromatic carbocycles. The minimum Gasteiger partial charge on any atom is -0.487 e. The van der Waals surface area contributed by atoms with Gasteiger partial charge in [0.15, 0.2) is 0 Å². The van der Waals surface area contributed by atoms with Gasteiger partial charge in [-0.2, -0.15) is 13.2 Å². The second kappa shape index (κ2) is 13.4. The van der Waals surface area contributed by atoms with Gasteiger partial charge in [-0.05, 0) is 68.4 Å². The number of sulfonamides is 1. The number of aliphatic hydroxyl groups is 1. The van der Waals surface area contributed by atoms with Crippen molar-refractivity contribution in [2.45, 2.75) is 44.0 Å². The lowest BCUT2D eigenvalue weighted by Crippen LogP contribution is -2.50. The van der Waals surface area contributed by atoms with Gasteiger partial charge in [-0.25, -0.2) is 13.2 Å². The lowest BCUT2D eigenvalue weighted by atomic mass is 9.99. The summed E-state index contributed by atoms with van der Waals surface area (Å²) in [5.74, 6) is -0.653. The SMILES string of the molecule is Cc1ccc(S(=O)(=O)Nc2ccc3c(c2)C(=O)N([C@H](C)CO)C[C@@H](C)[C@H](CN(C)C(=O)Nc2ccc(C(F)(F)F)cc2)O3)cc1. The number of nitrogens with zero attached hydrogens (tertiary/aromatic N) is 2. The van der Waals surface area contributed by atoms with Crippen molar-refractivity contribution < 1.29 is 41.0 Å². The summed E-state index contributed by atoms with van der Waals surface area (Å²) in [4.78, 5) is 29.5. The number of aryl methyl sites for hydroxylation is 1. The van der Waals surface area contributed by atoms with Crippen molar-refractivity contribution in [3.63, 3.8) is 0 Å². The van der Waals surface area contributed by atoms with Gasteiger partial charge in [0.1, 0.15) is 11.9 Å². The number of amides is 3. The van der Waals surface area contributed by atoms with Crippen molar-refractivity contribution in [2.75, 3.05) is 36.8 Å². The molecule has 0 radical (unpaired) electrons. The Morgan fingerprint density at radius 2 is 1.71 bits per heavy atom. The van der Waals surface area contributed by atoms with Crippen molar-refractivity contribution in [2.24, 2.45) is 5.92 Å². The van der Waals surface area contributed by atoms with E-state index in [1.807, 2.05) is 13.8 Å². The standard InChI is InChI=1S/C31H35F3N4O6S/c1-19-5-12-25(13-6-19)45(42,43)36-24-11-14-27-26(15-24)29(40)38(21(3)18-39)16-20(2)28(44-27)17-37(4)30(41)35-23-9-7-22(8-10-23)31(32,33)34/h5-15,20-21,28,36,39H,16-18H2,1-4H3,(H,35,41)/t20-,21-,28+/m1/s1. The van der Waals surface area contributed by atoms with E-state index in [1.54, 1.807) is 19.1 Å². The maximum Gasteiger partial charge on any atom is 0.416 e. The van der Waals surface area contributed by atoms with Gasteiger partial charge >= 0.3 is 12.2 Å². The first kappa shape index (κ1) is 33.6. The fourth-order valence-corrected chi connectivity index (χ4v) is 5.80. The summed E-state index contributed by atoms with van der Waals surface area (Å²) in [7, 11) is -2.47. The first-order valence-corrected chi connectivity index (χ1v) is 15.6. The summed E-state index contributed by atoms with van der Waals surface area (Å²) in [5, 5.41) is 12.5. The second-order valence-corrected chi connectivity index (χ2v) is 12.8. The monoisotopic (exact) mass is 648 g/mol. The normalized spacial score (nSPS) is 17.8. The number of ether oxygens (including phenoxy) is 1. The van der Waals surface area contributed by atoms with E-state index in [4.69, 9.17) is 4.74 Å². The van der Waals surface area contributed by atoms with Crippen LogP contribution in [0.1, 0.15) is 35.3 Å². The molecule has 0 aromatic heterocycles. The van der Waals surface area contributed by atoms with Crippen LogP contribution in [0.5, 0.6) is 5.75 Å². The highest BCUT2D eigenvalue weighted by molar-refractivity contribution is 7.92. The number of carbonyl (C=O) groups is 2. The quantitative estimate of drug-likeness (QED) is 0.308. The van der Waals surface area contributed by atoms with Crippen LogP contribution in [0.3, 0.4) is 0 Å². The minimum absolute atomic E-state index is 0.0322. The number of alkyl halides is 3. The van der Waals surface area contributed by atoms with Crippen molar-refractivity contribution in [3.05, 3.63) is 83.4 Å². The van der Waals surface area contributed by atoms with Crippen LogP contribution in [-0.4, -0.2) is 74.2 Å². The third kappa shape index (κ3) is 8.05. The molecule has 0 aliphatic carbocycles. The van der Waals surface area contributed by atoms with Gasteiger partial charge in [-0.1, -0.05) is 24.6 Å². The van der Waals surface area contributed by atoms with E-state index >= 15 is 0 Å². The topological polar surface area (TPSA) is 128 Å². The van der Waals surface area contributed by atoms with Gasteiger partial charge < -0.3 is 25.0 Å². The number of likely N-dealkylation sites (N-methyl/N-ethyl adjacent to an activating group) is 1. The summed E-state index contributed by atoms with van der Waals surface area (Å²) in [5.41, 5.74) is 0.411. The number of benzene rings is 3. The second-order valence-electron chi connectivity index (χ2n) is 11.1. The Morgan fingerprint density at radius 3 is 2.31 bits per heavy atom. The Bertz CT molecular complexity index is 1630. The highest BCUT2D eigenvalue weighted by Crippen LogP contribution is 2.32. The number of fused-ring (bicyclic) bond motifs is 1. The molecule has 1 heterocycles. The van der Waals surface area contributed by atoms with E-state index in [0.29, 0.717) is 0 Å². The van der Waals surface area contributed by atoms with Gasteiger partial charge in [0.25, 0.3) is 15.9 Å². The molecule has 4 rings (SSSR count). The molecular formula is C31H35F3N4O6S. The third-order valence-electron chi connectivity index (χ3n) is 7.51. The largest absolute Gasteiger partial charge is 0.487 e. The number of urea groups is 1. The summed E-state index contributed by atoms with van der Waals surface area (Å²) in [6.07, 6.45) is -5.17. The van der Waals surface area contributed by atoms with Crippen LogP contribution in [0.25, 0.3) is 0 Å². The maximum absolute atomic E-state index is 13.7. The average Bonchev–Trinajstić information content (AvgIpc) is 2.98. The van der Waals surface area contributed by atoms with Crippen LogP contribution < -0.4 is 14.8 Å². The molecule has 0 fully saturated rings. The summed E-state index contributed by atoms with van der Waals surface area (Å²) >= 11 is 0. The predicted molar refractivity (Wildman–Crippen MR) is 163 cm³/mol. The van der Waals surface area contributed by atoms with Crippen LogP contribution in [0, 0.1) is 12.8 Å². The Labute approximate surface area is 259 Å². The van der Waals surface area contributed by atoms with Crippen molar-refractivity contribution >= 4 is 33.3 Å². The number of carbonyl (C=O) groups excluding carboxylic acids is 2. The molecule has 10 nitrogen and oxygen atoms in total. The molecule has 0 bridgehead atoms. The smallest absolute Gasteiger partial charge is 0.416 e. The molecule has 0 saturated heterocycles. The van der Waals surface area contributed by atoms with Crippen LogP contribution in [0.15, 0.2) is 71.6 Å². The lowest BCUT2D eigenvalue weighted by molar-refractivity contribution is -0.137. The van der Waals surface area contributed by atoms with E-state index in [0.717, 1.165) is 29.8 Å². The fraction of sp³-hybridized carbons (Fsp3) is 0.355. The Hall–Kier alpha value is -4.30. The van der Waals surface area contributed by atoms with E-state index in [2.05, 4.69) is 10.0 Å².